The number of carbonyl (C=O) groups is 6. The summed E-state index contributed by atoms with van der Waals surface area (Å²) in [5.41, 5.74) is 13.0. The number of hydrogen-bond donors (Lipinski definition) is 9. The Kier molecular flexibility index (Phi) is 12.0. The molecule has 240 valence electrons. The van der Waals surface area contributed by atoms with Gasteiger partial charge in [0.2, 0.25) is 23.6 Å². The molecule has 0 aliphatic carbocycles. The summed E-state index contributed by atoms with van der Waals surface area (Å²) in [6.45, 7) is 0. The van der Waals surface area contributed by atoms with Gasteiger partial charge < -0.3 is 47.7 Å². The van der Waals surface area contributed by atoms with Crippen LogP contribution in [0.2, 0.25) is 0 Å². The molecule has 15 heteroatoms. The predicted molar refractivity (Wildman–Crippen MR) is 161 cm³/mol. The molecule has 0 saturated heterocycles. The first-order valence-electron chi connectivity index (χ1n) is 14.1. The summed E-state index contributed by atoms with van der Waals surface area (Å²) >= 11 is 0. The molecule has 2 aromatic carbocycles. The van der Waals surface area contributed by atoms with Gasteiger partial charge in [-0.05, 0) is 42.2 Å². The third-order valence-corrected chi connectivity index (χ3v) is 7.04. The number of aliphatic carboxylic acids is 2. The molecule has 0 aliphatic heterocycles. The highest BCUT2D eigenvalue weighted by Gasteiger charge is 2.31. The molecule has 4 amide bonds. The largest absolute Gasteiger partial charge is 0.508 e. The van der Waals surface area contributed by atoms with Gasteiger partial charge in [0.25, 0.3) is 0 Å². The van der Waals surface area contributed by atoms with E-state index >= 15 is 0 Å². The summed E-state index contributed by atoms with van der Waals surface area (Å²) in [6, 6.07) is 7.47. The smallest absolute Gasteiger partial charge is 0.326 e. The molecule has 1 aromatic heterocycles. The van der Waals surface area contributed by atoms with Crippen LogP contribution in [0.15, 0.2) is 54.7 Å². The van der Waals surface area contributed by atoms with Crippen LogP contribution in [-0.4, -0.2) is 80.0 Å². The van der Waals surface area contributed by atoms with Crippen LogP contribution in [0.3, 0.4) is 0 Å². The van der Waals surface area contributed by atoms with Crippen molar-refractivity contribution >= 4 is 46.5 Å². The van der Waals surface area contributed by atoms with E-state index in [9.17, 15) is 44.1 Å². The number of primary amides is 1. The standard InChI is InChI=1S/C30H36N6O9/c31-20(9-11-25(32)38)27(41)35-23(14-17-15-33-21-4-2-1-3-19(17)21)29(43)34-22(10-12-26(39)40)28(42)36-24(30(44)45)13-16-5-7-18(37)8-6-16/h1-8,15,20,22-24,33,37H,9-14,31H2,(H2,32,38)(H,34,43)(H,35,41)(H,36,42)(H,39,40)(H,44,45). The summed E-state index contributed by atoms with van der Waals surface area (Å²) in [5.74, 6) is -5.91. The lowest BCUT2D eigenvalue weighted by Gasteiger charge is -2.25. The van der Waals surface area contributed by atoms with Crippen LogP contribution in [0.25, 0.3) is 10.9 Å². The number of carbonyl (C=O) groups excluding carboxylic acids is 4. The van der Waals surface area contributed by atoms with Crippen molar-refractivity contribution < 1.29 is 44.1 Å². The van der Waals surface area contributed by atoms with Crippen LogP contribution in [0.1, 0.15) is 36.8 Å². The number of phenolic OH excluding ortho intramolecular Hbond substituents is 1. The van der Waals surface area contributed by atoms with E-state index in [0.29, 0.717) is 11.1 Å². The van der Waals surface area contributed by atoms with E-state index < -0.39 is 66.2 Å². The van der Waals surface area contributed by atoms with Gasteiger partial charge in [-0.3, -0.25) is 24.0 Å². The fourth-order valence-corrected chi connectivity index (χ4v) is 4.59. The van der Waals surface area contributed by atoms with Gasteiger partial charge in [-0.25, -0.2) is 4.79 Å². The molecule has 0 bridgehead atoms. The highest BCUT2D eigenvalue weighted by atomic mass is 16.4. The third-order valence-electron chi connectivity index (χ3n) is 7.04. The van der Waals surface area contributed by atoms with Gasteiger partial charge in [0.1, 0.15) is 23.9 Å². The molecule has 11 N–H and O–H groups in total. The van der Waals surface area contributed by atoms with Crippen LogP contribution in [0, 0.1) is 0 Å². The second-order valence-electron chi connectivity index (χ2n) is 10.5. The lowest BCUT2D eigenvalue weighted by molar-refractivity contribution is -0.143. The van der Waals surface area contributed by atoms with Crippen LogP contribution >= 0.6 is 0 Å². The van der Waals surface area contributed by atoms with E-state index in [1.165, 1.54) is 24.3 Å². The molecule has 15 nitrogen and oxygen atoms in total. The lowest BCUT2D eigenvalue weighted by Crippen LogP contribution is -2.57. The van der Waals surface area contributed by atoms with Crippen molar-refractivity contribution in [1.29, 1.82) is 0 Å². The van der Waals surface area contributed by atoms with Crippen LogP contribution in [0.4, 0.5) is 0 Å². The van der Waals surface area contributed by atoms with Crippen LogP contribution in [-0.2, 0) is 41.6 Å². The minimum atomic E-state index is -1.49. The minimum absolute atomic E-state index is 0.0331. The molecule has 0 spiro atoms. The number of nitrogens with one attached hydrogen (secondary N) is 4. The second-order valence-corrected chi connectivity index (χ2v) is 10.5. The highest BCUT2D eigenvalue weighted by Crippen LogP contribution is 2.19. The second kappa shape index (κ2) is 15.9. The van der Waals surface area contributed by atoms with Gasteiger partial charge in [0.15, 0.2) is 0 Å². The monoisotopic (exact) mass is 624 g/mol. The number of phenols is 1. The summed E-state index contributed by atoms with van der Waals surface area (Å²) in [6.07, 6.45) is 0.263. The number of carboxylic acid groups (broad SMARTS) is 2. The first-order valence-corrected chi connectivity index (χ1v) is 14.1. The van der Waals surface area contributed by atoms with Crippen molar-refractivity contribution in [3.8, 4) is 5.75 Å². The molecule has 0 aliphatic rings. The quantitative estimate of drug-likeness (QED) is 0.0942. The fourth-order valence-electron chi connectivity index (χ4n) is 4.59. The van der Waals surface area contributed by atoms with E-state index in [1.807, 2.05) is 12.1 Å². The maximum absolute atomic E-state index is 13.6. The zero-order valence-corrected chi connectivity index (χ0v) is 24.2. The first-order chi connectivity index (χ1) is 21.3. The number of carboxylic acids is 2. The van der Waals surface area contributed by atoms with Gasteiger partial charge in [0.05, 0.1) is 6.04 Å². The molecule has 4 unspecified atom stereocenters. The Morgan fingerprint density at radius 1 is 0.756 bits per heavy atom. The number of aromatic amines is 1. The SMILES string of the molecule is NC(=O)CCC(N)C(=O)NC(Cc1c[nH]c2ccccc12)C(=O)NC(CCC(=O)O)C(=O)NC(Cc1ccc(O)cc1)C(=O)O. The number of para-hydroxylation sites is 1. The van der Waals surface area contributed by atoms with Crippen molar-refractivity contribution in [2.45, 2.75) is 62.7 Å². The zero-order valence-electron chi connectivity index (χ0n) is 24.2. The van der Waals surface area contributed by atoms with Crippen molar-refractivity contribution in [3.05, 3.63) is 65.9 Å². The van der Waals surface area contributed by atoms with Crippen LogP contribution in [0.5, 0.6) is 5.75 Å². The van der Waals surface area contributed by atoms with E-state index in [4.69, 9.17) is 11.5 Å². The van der Waals surface area contributed by atoms with Gasteiger partial charge in [-0.15, -0.1) is 0 Å². The number of fused-ring (bicyclic) bond motifs is 1. The average Bonchev–Trinajstić information content (AvgIpc) is 3.40. The number of rotatable bonds is 17. The number of hydrogen-bond acceptors (Lipinski definition) is 8. The molecule has 1 heterocycles. The van der Waals surface area contributed by atoms with Crippen molar-refractivity contribution in [2.24, 2.45) is 11.5 Å². The third kappa shape index (κ3) is 10.4. The Labute approximate surface area is 257 Å². The maximum Gasteiger partial charge on any atom is 0.326 e. The van der Waals surface area contributed by atoms with Gasteiger partial charge in [-0.2, -0.15) is 0 Å². The summed E-state index contributed by atoms with van der Waals surface area (Å²) in [5, 5.41) is 36.6. The van der Waals surface area contributed by atoms with E-state index in [-0.39, 0.29) is 37.9 Å². The first kappa shape index (κ1) is 34.1. The normalized spacial score (nSPS) is 13.6. The molecule has 4 atom stereocenters. The summed E-state index contributed by atoms with van der Waals surface area (Å²) in [4.78, 5) is 77.3. The molecule has 0 fully saturated rings. The Balaban J connectivity index is 1.83. The number of aromatic hydroxyl groups is 1. The van der Waals surface area contributed by atoms with Gasteiger partial charge >= 0.3 is 11.9 Å². The Morgan fingerprint density at radius 3 is 2.02 bits per heavy atom. The number of benzene rings is 2. The molecular formula is C30H36N6O9. The number of aromatic nitrogens is 1. The molecule has 0 saturated carbocycles. The number of nitrogens with two attached hydrogens (primary N) is 2. The van der Waals surface area contributed by atoms with Crippen molar-refractivity contribution in [3.63, 3.8) is 0 Å². The van der Waals surface area contributed by atoms with E-state index in [0.717, 1.165) is 10.9 Å². The minimum Gasteiger partial charge on any atom is -0.508 e. The van der Waals surface area contributed by atoms with Gasteiger partial charge in [0, 0.05) is 42.8 Å². The Morgan fingerprint density at radius 2 is 1.38 bits per heavy atom. The molecular weight excluding hydrogens is 588 g/mol. The molecule has 45 heavy (non-hydrogen) atoms. The van der Waals surface area contributed by atoms with Crippen molar-refractivity contribution in [1.82, 2.24) is 20.9 Å². The Bertz CT molecular complexity index is 1540. The molecule has 3 aromatic rings. The summed E-state index contributed by atoms with van der Waals surface area (Å²) in [7, 11) is 0. The van der Waals surface area contributed by atoms with E-state index in [2.05, 4.69) is 20.9 Å². The highest BCUT2D eigenvalue weighted by molar-refractivity contribution is 5.95. The van der Waals surface area contributed by atoms with Crippen LogP contribution < -0.4 is 27.4 Å². The maximum atomic E-state index is 13.6. The molecule has 3 rings (SSSR count). The van der Waals surface area contributed by atoms with Gasteiger partial charge in [-0.1, -0.05) is 30.3 Å². The van der Waals surface area contributed by atoms with E-state index in [1.54, 1.807) is 18.3 Å². The number of amides is 4. The number of H-pyrrole nitrogens is 1. The Hall–Kier alpha value is -5.44. The fraction of sp³-hybridized carbons (Fsp3) is 0.333. The topological polar surface area (TPSA) is 267 Å². The average molecular weight is 625 g/mol. The zero-order chi connectivity index (χ0) is 33.1. The molecule has 0 radical (unpaired) electrons. The van der Waals surface area contributed by atoms with Crippen molar-refractivity contribution in [2.75, 3.05) is 0 Å². The lowest BCUT2D eigenvalue weighted by atomic mass is 10.0. The summed E-state index contributed by atoms with van der Waals surface area (Å²) < 4.78 is 0. The predicted octanol–water partition coefficient (Wildman–Crippen LogP) is -0.345.